The largest absolute Gasteiger partial charge is 0.425 e. The average Bonchev–Trinajstić information content (AvgIpc) is 2.37. The first kappa shape index (κ1) is 14.9. The third-order valence-corrected chi connectivity index (χ3v) is 2.20. The zero-order valence-electron chi connectivity index (χ0n) is 10.0. The van der Waals surface area contributed by atoms with Crippen LogP contribution < -0.4 is 10.5 Å². The minimum Gasteiger partial charge on any atom is -0.425 e. The molecule has 0 amide bonds. The third kappa shape index (κ3) is 5.32. The van der Waals surface area contributed by atoms with Crippen LogP contribution in [0.5, 0.6) is 5.75 Å². The van der Waals surface area contributed by atoms with E-state index in [0.717, 1.165) is 0 Å². The Balaban J connectivity index is 2.56. The maximum absolute atomic E-state index is 11.3. The molecule has 0 aliphatic heterocycles. The molecule has 1 aromatic rings. The summed E-state index contributed by atoms with van der Waals surface area (Å²) in [5, 5.41) is 17.8. The van der Waals surface area contributed by atoms with Crippen molar-refractivity contribution in [3.63, 3.8) is 0 Å². The van der Waals surface area contributed by atoms with Gasteiger partial charge in [0, 0.05) is 0 Å². The Bertz CT molecular complexity index is 451. The molecule has 0 saturated heterocycles. The quantitative estimate of drug-likeness (QED) is 0.300. The summed E-state index contributed by atoms with van der Waals surface area (Å²) >= 11 is 0. The van der Waals surface area contributed by atoms with Crippen molar-refractivity contribution in [3.05, 3.63) is 39.9 Å². The molecule has 0 bridgehead atoms. The zero-order chi connectivity index (χ0) is 14.3. The molecule has 1 atom stereocenters. The van der Waals surface area contributed by atoms with E-state index in [-0.39, 0.29) is 12.4 Å². The van der Waals surface area contributed by atoms with Crippen LogP contribution in [0.1, 0.15) is 5.56 Å². The van der Waals surface area contributed by atoms with E-state index in [9.17, 15) is 14.9 Å². The summed E-state index contributed by atoms with van der Waals surface area (Å²) in [6.45, 7) is -0.588. The van der Waals surface area contributed by atoms with Gasteiger partial charge in [0.25, 0.3) is 5.09 Å². The lowest BCUT2D eigenvalue weighted by molar-refractivity contribution is -0.757. The lowest BCUT2D eigenvalue weighted by Crippen LogP contribution is -2.37. The number of benzene rings is 1. The SMILES string of the molecule is NC(CO)C(=O)Oc1cccc(CCO[N+](=O)[O-])c1. The van der Waals surface area contributed by atoms with Gasteiger partial charge in [-0.25, -0.2) is 4.79 Å². The molecule has 0 saturated carbocycles. The fourth-order valence-electron chi connectivity index (χ4n) is 1.27. The fraction of sp³-hybridized carbons (Fsp3) is 0.364. The second kappa shape index (κ2) is 7.29. The number of nitrogens with zero attached hydrogens (tertiary/aromatic N) is 1. The molecule has 0 radical (unpaired) electrons. The summed E-state index contributed by atoms with van der Waals surface area (Å²) in [6, 6.07) is 5.34. The highest BCUT2D eigenvalue weighted by atomic mass is 16.9. The first-order chi connectivity index (χ1) is 9.02. The highest BCUT2D eigenvalue weighted by Crippen LogP contribution is 2.14. The second-order valence-corrected chi connectivity index (χ2v) is 3.66. The van der Waals surface area contributed by atoms with E-state index in [1.807, 2.05) is 0 Å². The molecular weight excluding hydrogens is 256 g/mol. The van der Waals surface area contributed by atoms with Crippen LogP contribution in [-0.2, 0) is 16.1 Å². The molecule has 0 spiro atoms. The number of rotatable bonds is 7. The monoisotopic (exact) mass is 270 g/mol. The molecule has 0 aliphatic carbocycles. The van der Waals surface area contributed by atoms with Gasteiger partial charge in [-0.1, -0.05) is 12.1 Å². The smallest absolute Gasteiger partial charge is 0.330 e. The van der Waals surface area contributed by atoms with E-state index >= 15 is 0 Å². The number of carbonyl (C=O) groups is 1. The van der Waals surface area contributed by atoms with Crippen molar-refractivity contribution in [2.45, 2.75) is 12.5 Å². The van der Waals surface area contributed by atoms with Crippen LogP contribution in [0.4, 0.5) is 0 Å². The molecule has 104 valence electrons. The number of aliphatic hydroxyl groups excluding tert-OH is 1. The van der Waals surface area contributed by atoms with Crippen LogP contribution >= 0.6 is 0 Å². The number of esters is 1. The van der Waals surface area contributed by atoms with Crippen molar-refractivity contribution in [1.29, 1.82) is 0 Å². The molecule has 1 aromatic carbocycles. The van der Waals surface area contributed by atoms with Crippen LogP contribution in [0.2, 0.25) is 0 Å². The molecule has 0 heterocycles. The molecule has 19 heavy (non-hydrogen) atoms. The molecule has 3 N–H and O–H groups in total. The van der Waals surface area contributed by atoms with Crippen LogP contribution in [-0.4, -0.2) is 35.4 Å². The van der Waals surface area contributed by atoms with Gasteiger partial charge in [-0.2, -0.15) is 0 Å². The number of hydrogen-bond acceptors (Lipinski definition) is 7. The lowest BCUT2D eigenvalue weighted by Gasteiger charge is -2.09. The standard InChI is InChI=1S/C11H14N2O6/c12-10(7-14)11(15)19-9-3-1-2-8(6-9)4-5-18-13(16)17/h1-3,6,10,14H,4-5,7,12H2. The van der Waals surface area contributed by atoms with E-state index in [4.69, 9.17) is 15.6 Å². The van der Waals surface area contributed by atoms with Gasteiger partial charge in [0.1, 0.15) is 18.4 Å². The topological polar surface area (TPSA) is 125 Å². The van der Waals surface area contributed by atoms with Crippen LogP contribution in [0.15, 0.2) is 24.3 Å². The summed E-state index contributed by atoms with van der Waals surface area (Å²) in [5.74, 6) is -0.492. The van der Waals surface area contributed by atoms with E-state index in [1.54, 1.807) is 24.3 Å². The minimum absolute atomic E-state index is 0.0828. The van der Waals surface area contributed by atoms with Crippen molar-refractivity contribution in [2.24, 2.45) is 5.73 Å². The first-order valence-corrected chi connectivity index (χ1v) is 5.47. The van der Waals surface area contributed by atoms with Gasteiger partial charge in [-0.05, 0) is 24.1 Å². The summed E-state index contributed by atoms with van der Waals surface area (Å²) < 4.78 is 4.94. The van der Waals surface area contributed by atoms with Gasteiger partial charge >= 0.3 is 5.97 Å². The van der Waals surface area contributed by atoms with E-state index in [0.29, 0.717) is 12.0 Å². The number of nitrogens with two attached hydrogens (primary N) is 1. The minimum atomic E-state index is -1.10. The Kier molecular flexibility index (Phi) is 5.71. The van der Waals surface area contributed by atoms with Crippen molar-refractivity contribution < 1.29 is 24.6 Å². The Hall–Kier alpha value is -2.19. The number of carbonyl (C=O) groups excluding carboxylic acids is 1. The van der Waals surface area contributed by atoms with E-state index in [1.165, 1.54) is 0 Å². The average molecular weight is 270 g/mol. The molecule has 0 fully saturated rings. The molecule has 8 heteroatoms. The zero-order valence-corrected chi connectivity index (χ0v) is 10.0. The summed E-state index contributed by atoms with van der Waals surface area (Å²) in [5.41, 5.74) is 6.01. The van der Waals surface area contributed by atoms with E-state index in [2.05, 4.69) is 4.84 Å². The fourth-order valence-corrected chi connectivity index (χ4v) is 1.27. The van der Waals surface area contributed by atoms with Crippen molar-refractivity contribution in [2.75, 3.05) is 13.2 Å². The van der Waals surface area contributed by atoms with Gasteiger partial charge in [0.2, 0.25) is 0 Å². The Labute approximate surface area is 108 Å². The lowest BCUT2D eigenvalue weighted by atomic mass is 10.1. The number of hydrogen-bond donors (Lipinski definition) is 2. The maximum Gasteiger partial charge on any atom is 0.330 e. The van der Waals surface area contributed by atoms with E-state index < -0.39 is 23.7 Å². The highest BCUT2D eigenvalue weighted by Gasteiger charge is 2.14. The number of ether oxygens (including phenoxy) is 1. The predicted octanol–water partition coefficient (Wildman–Crippen LogP) is -0.338. The van der Waals surface area contributed by atoms with Crippen LogP contribution in [0.25, 0.3) is 0 Å². The molecule has 0 aliphatic rings. The predicted molar refractivity (Wildman–Crippen MR) is 63.8 cm³/mol. The van der Waals surface area contributed by atoms with Crippen molar-refractivity contribution in [1.82, 2.24) is 0 Å². The van der Waals surface area contributed by atoms with Gasteiger partial charge < -0.3 is 20.4 Å². The van der Waals surface area contributed by atoms with Crippen LogP contribution in [0, 0.1) is 10.1 Å². The van der Waals surface area contributed by atoms with Gasteiger partial charge in [0.15, 0.2) is 0 Å². The summed E-state index contributed by atoms with van der Waals surface area (Å²) in [7, 11) is 0. The first-order valence-electron chi connectivity index (χ1n) is 5.47. The number of aliphatic hydroxyl groups is 1. The molecule has 0 aromatic heterocycles. The van der Waals surface area contributed by atoms with Crippen molar-refractivity contribution >= 4 is 5.97 Å². The Morgan fingerprint density at radius 1 is 1.53 bits per heavy atom. The third-order valence-electron chi connectivity index (χ3n) is 2.20. The van der Waals surface area contributed by atoms with Gasteiger partial charge in [0.05, 0.1) is 6.61 Å². The normalized spacial score (nSPS) is 11.7. The summed E-state index contributed by atoms with van der Waals surface area (Å²) in [6.07, 6.45) is 0.304. The molecule has 1 unspecified atom stereocenters. The highest BCUT2D eigenvalue weighted by molar-refractivity contribution is 5.78. The maximum atomic E-state index is 11.3. The molecule has 1 rings (SSSR count). The van der Waals surface area contributed by atoms with Gasteiger partial charge in [-0.15, -0.1) is 10.1 Å². The second-order valence-electron chi connectivity index (χ2n) is 3.66. The Morgan fingerprint density at radius 2 is 2.26 bits per heavy atom. The molecule has 8 nitrogen and oxygen atoms in total. The summed E-state index contributed by atoms with van der Waals surface area (Å²) in [4.78, 5) is 25.5. The van der Waals surface area contributed by atoms with Crippen LogP contribution in [0.3, 0.4) is 0 Å². The Morgan fingerprint density at radius 3 is 2.89 bits per heavy atom. The molecular formula is C11H14N2O6. The van der Waals surface area contributed by atoms with Gasteiger partial charge in [-0.3, -0.25) is 0 Å². The van der Waals surface area contributed by atoms with Crippen molar-refractivity contribution in [3.8, 4) is 5.75 Å².